The Bertz CT molecular complexity index is 1340. The molecule has 2 N–H and O–H groups in total. The normalized spacial score (nSPS) is 16.9. The summed E-state index contributed by atoms with van der Waals surface area (Å²) in [7, 11) is -4.27. The van der Waals surface area contributed by atoms with E-state index in [0.29, 0.717) is 33.8 Å². The first-order valence-corrected chi connectivity index (χ1v) is 12.3. The molecule has 1 aliphatic heterocycles. The lowest BCUT2D eigenvalue weighted by Gasteiger charge is -2.21. The van der Waals surface area contributed by atoms with Gasteiger partial charge in [-0.3, -0.25) is 0 Å². The molecule has 3 aromatic carbocycles. The number of nitrogens with one attached hydrogen (secondary N) is 2. The van der Waals surface area contributed by atoms with Crippen LogP contribution in [0.4, 0.5) is 8.78 Å². The van der Waals surface area contributed by atoms with E-state index in [1.165, 1.54) is 6.07 Å². The number of hydrazone groups is 1. The summed E-state index contributed by atoms with van der Waals surface area (Å²) in [6, 6.07) is 12.9. The monoisotopic (exact) mass is 529 g/mol. The fourth-order valence-corrected chi connectivity index (χ4v) is 5.30. The van der Waals surface area contributed by atoms with E-state index >= 15 is 0 Å². The number of rotatable bonds is 6. The van der Waals surface area contributed by atoms with Gasteiger partial charge in [-0.05, 0) is 53.6 Å². The summed E-state index contributed by atoms with van der Waals surface area (Å²) < 4.78 is 55.6. The quantitative estimate of drug-likeness (QED) is 0.408. The van der Waals surface area contributed by atoms with Crippen LogP contribution in [0.2, 0.25) is 15.1 Å². The van der Waals surface area contributed by atoms with Gasteiger partial charge < -0.3 is 5.43 Å². The fourth-order valence-electron chi connectivity index (χ4n) is 3.44. The standard InChI is InChI=1S/C22H16Cl3F2N3O2S/c23-13-3-1-12(2-4-13)20-11-21(29-28-20)22(16-7-5-14(24)9-17(16)25)30-33(31,32)15-6-8-18(26)19(27)10-15/h1-10,20,22,28,30H,11H2. The zero-order valence-corrected chi connectivity index (χ0v) is 19.8. The molecule has 0 bridgehead atoms. The van der Waals surface area contributed by atoms with Crippen LogP contribution in [0.15, 0.2) is 70.7 Å². The van der Waals surface area contributed by atoms with Crippen LogP contribution in [0.1, 0.15) is 29.6 Å². The second-order valence-corrected chi connectivity index (χ2v) is 10.3. The van der Waals surface area contributed by atoms with Gasteiger partial charge in [0.15, 0.2) is 11.6 Å². The van der Waals surface area contributed by atoms with E-state index in [2.05, 4.69) is 15.2 Å². The first-order valence-electron chi connectivity index (χ1n) is 9.64. The average molecular weight is 531 g/mol. The molecular formula is C22H16Cl3F2N3O2S. The zero-order chi connectivity index (χ0) is 23.8. The lowest BCUT2D eigenvalue weighted by atomic mass is 9.96. The van der Waals surface area contributed by atoms with Gasteiger partial charge in [-0.25, -0.2) is 17.2 Å². The molecule has 0 aromatic heterocycles. The third-order valence-corrected chi connectivity index (χ3v) is 7.37. The maximum atomic E-state index is 13.7. The lowest BCUT2D eigenvalue weighted by Crippen LogP contribution is -2.34. The Balaban J connectivity index is 1.68. The highest BCUT2D eigenvalue weighted by Gasteiger charge is 2.32. The van der Waals surface area contributed by atoms with E-state index in [1.807, 2.05) is 12.1 Å². The van der Waals surface area contributed by atoms with Crippen molar-refractivity contribution in [2.75, 3.05) is 0 Å². The summed E-state index contributed by atoms with van der Waals surface area (Å²) in [6.45, 7) is 0. The van der Waals surface area contributed by atoms with Crippen molar-refractivity contribution in [2.45, 2.75) is 23.4 Å². The van der Waals surface area contributed by atoms with Crippen LogP contribution in [0.3, 0.4) is 0 Å². The predicted octanol–water partition coefficient (Wildman–Crippen LogP) is 6.04. The molecule has 0 aliphatic carbocycles. The van der Waals surface area contributed by atoms with E-state index in [-0.39, 0.29) is 11.1 Å². The van der Waals surface area contributed by atoms with E-state index < -0.39 is 32.6 Å². The van der Waals surface area contributed by atoms with Crippen molar-refractivity contribution in [3.05, 3.63) is 98.5 Å². The van der Waals surface area contributed by atoms with E-state index in [4.69, 9.17) is 34.8 Å². The zero-order valence-electron chi connectivity index (χ0n) is 16.7. The van der Waals surface area contributed by atoms with E-state index in [9.17, 15) is 17.2 Å². The second-order valence-electron chi connectivity index (χ2n) is 7.34. The minimum Gasteiger partial charge on any atom is -0.302 e. The largest absolute Gasteiger partial charge is 0.302 e. The van der Waals surface area contributed by atoms with Gasteiger partial charge in [-0.15, -0.1) is 0 Å². The number of nitrogens with zero attached hydrogens (tertiary/aromatic N) is 1. The molecule has 4 rings (SSSR count). The maximum Gasteiger partial charge on any atom is 0.241 e. The van der Waals surface area contributed by atoms with Crippen LogP contribution in [0, 0.1) is 11.6 Å². The maximum absolute atomic E-state index is 13.7. The molecular weight excluding hydrogens is 515 g/mol. The van der Waals surface area contributed by atoms with Crippen molar-refractivity contribution in [2.24, 2.45) is 5.10 Å². The Kier molecular flexibility index (Phi) is 6.93. The number of hydrogen-bond acceptors (Lipinski definition) is 4. The molecule has 2 unspecified atom stereocenters. The summed E-state index contributed by atoms with van der Waals surface area (Å²) in [4.78, 5) is -0.433. The van der Waals surface area contributed by atoms with Crippen molar-refractivity contribution in [1.82, 2.24) is 10.1 Å². The van der Waals surface area contributed by atoms with Gasteiger partial charge in [0.1, 0.15) is 0 Å². The van der Waals surface area contributed by atoms with Gasteiger partial charge in [0.25, 0.3) is 0 Å². The number of halogens is 5. The molecule has 0 spiro atoms. The molecule has 0 radical (unpaired) electrons. The van der Waals surface area contributed by atoms with Crippen LogP contribution < -0.4 is 10.1 Å². The Morgan fingerprint density at radius 2 is 1.64 bits per heavy atom. The molecule has 33 heavy (non-hydrogen) atoms. The van der Waals surface area contributed by atoms with Crippen molar-refractivity contribution in [3.8, 4) is 0 Å². The molecule has 0 saturated heterocycles. The Labute approximate surface area is 204 Å². The third-order valence-electron chi connectivity index (χ3n) is 5.13. The fraction of sp³-hybridized carbons (Fsp3) is 0.136. The van der Waals surface area contributed by atoms with Gasteiger partial charge in [-0.1, -0.05) is 53.0 Å². The molecule has 0 saturated carbocycles. The van der Waals surface area contributed by atoms with Crippen LogP contribution in [0.5, 0.6) is 0 Å². The second kappa shape index (κ2) is 9.56. The first kappa shape index (κ1) is 23.9. The molecule has 1 aliphatic rings. The van der Waals surface area contributed by atoms with Crippen molar-refractivity contribution in [3.63, 3.8) is 0 Å². The highest BCUT2D eigenvalue weighted by molar-refractivity contribution is 7.89. The minimum atomic E-state index is -4.27. The summed E-state index contributed by atoms with van der Waals surface area (Å²) >= 11 is 18.3. The number of sulfonamides is 1. The third kappa shape index (κ3) is 5.31. The number of benzene rings is 3. The average Bonchev–Trinajstić information content (AvgIpc) is 3.25. The summed E-state index contributed by atoms with van der Waals surface area (Å²) in [5.74, 6) is -2.43. The summed E-state index contributed by atoms with van der Waals surface area (Å²) in [5, 5.41) is 5.53. The Morgan fingerprint density at radius 1 is 0.939 bits per heavy atom. The van der Waals surface area contributed by atoms with Crippen LogP contribution in [-0.4, -0.2) is 14.1 Å². The lowest BCUT2D eigenvalue weighted by molar-refractivity contribution is 0.504. The predicted molar refractivity (Wildman–Crippen MR) is 125 cm³/mol. The summed E-state index contributed by atoms with van der Waals surface area (Å²) in [6.07, 6.45) is 0.353. The molecule has 0 fully saturated rings. The highest BCUT2D eigenvalue weighted by atomic mass is 35.5. The van der Waals surface area contributed by atoms with Gasteiger partial charge in [0.2, 0.25) is 10.0 Å². The molecule has 2 atom stereocenters. The SMILES string of the molecule is O=S(=O)(NC(C1=NNC(c2ccc(Cl)cc2)C1)c1ccc(Cl)cc1Cl)c1ccc(F)c(F)c1. The van der Waals surface area contributed by atoms with Crippen LogP contribution >= 0.6 is 34.8 Å². The first-order chi connectivity index (χ1) is 15.6. The van der Waals surface area contributed by atoms with Gasteiger partial charge >= 0.3 is 0 Å². The van der Waals surface area contributed by atoms with Gasteiger partial charge in [0, 0.05) is 21.5 Å². The molecule has 172 valence electrons. The highest BCUT2D eigenvalue weighted by Crippen LogP contribution is 2.33. The van der Waals surface area contributed by atoms with Crippen LogP contribution in [0.25, 0.3) is 0 Å². The molecule has 11 heteroatoms. The molecule has 0 amide bonds. The van der Waals surface area contributed by atoms with E-state index in [1.54, 1.807) is 24.3 Å². The van der Waals surface area contributed by atoms with Crippen LogP contribution in [-0.2, 0) is 10.0 Å². The molecule has 3 aromatic rings. The Hall–Kier alpha value is -2.23. The Morgan fingerprint density at radius 3 is 2.30 bits per heavy atom. The van der Waals surface area contributed by atoms with Crippen molar-refractivity contribution >= 4 is 50.5 Å². The molecule has 5 nitrogen and oxygen atoms in total. The number of hydrogen-bond donors (Lipinski definition) is 2. The van der Waals surface area contributed by atoms with E-state index in [0.717, 1.165) is 17.7 Å². The van der Waals surface area contributed by atoms with Crippen molar-refractivity contribution < 1.29 is 17.2 Å². The molecule has 1 heterocycles. The topological polar surface area (TPSA) is 70.6 Å². The summed E-state index contributed by atoms with van der Waals surface area (Å²) in [5.41, 5.74) is 4.76. The van der Waals surface area contributed by atoms with Gasteiger partial charge in [0.05, 0.1) is 22.7 Å². The smallest absolute Gasteiger partial charge is 0.241 e. The van der Waals surface area contributed by atoms with Gasteiger partial charge in [-0.2, -0.15) is 9.82 Å². The minimum absolute atomic E-state index is 0.220. The van der Waals surface area contributed by atoms with Crippen molar-refractivity contribution in [1.29, 1.82) is 0 Å².